The molecule has 0 aliphatic carbocycles. The number of allylic oxidation sites excluding steroid dienone is 1. The Balaban J connectivity index is 2.94. The van der Waals surface area contributed by atoms with Crippen molar-refractivity contribution in [3.63, 3.8) is 0 Å². The number of hydrogen-bond acceptors (Lipinski definition) is 2. The fraction of sp³-hybridized carbons (Fsp3) is 0.474. The van der Waals surface area contributed by atoms with Crippen molar-refractivity contribution >= 4 is 22.5 Å². The molecule has 1 aromatic carbocycles. The standard InChI is InChI=1S/C19H30N4OS/c1-13(12-23-25(24)19(3,4)5)14(2)16(11-17(20)21)18(22)15-9-7-6-8-10-15/h6-11,13-14,22-23H,12H2,1-5H3,(H3,20,21)/p+1/b16-11-,22-18?/t13?,14?,25-/m1/s1. The van der Waals surface area contributed by atoms with Crippen LogP contribution in [0.15, 0.2) is 42.0 Å². The van der Waals surface area contributed by atoms with Gasteiger partial charge in [-0.3, -0.25) is 10.8 Å². The molecule has 0 saturated carbocycles. The number of nitrogens with one attached hydrogen (secondary N) is 2. The molecule has 0 saturated heterocycles. The van der Waals surface area contributed by atoms with Gasteiger partial charge in [0, 0.05) is 17.7 Å². The van der Waals surface area contributed by atoms with Gasteiger partial charge in [0.05, 0.1) is 15.7 Å². The van der Waals surface area contributed by atoms with Crippen LogP contribution in [0.5, 0.6) is 0 Å². The predicted molar refractivity (Wildman–Crippen MR) is 107 cm³/mol. The average Bonchev–Trinajstić information content (AvgIpc) is 2.55. The third-order valence-corrected chi connectivity index (χ3v) is 5.68. The van der Waals surface area contributed by atoms with Crippen molar-refractivity contribution in [2.24, 2.45) is 17.6 Å². The maximum absolute atomic E-state index is 12.2. The molecule has 5 nitrogen and oxygen atoms in total. The first-order valence-electron chi connectivity index (χ1n) is 8.43. The largest absolute Gasteiger partial charge is 0.384 e. The second-order valence-electron chi connectivity index (χ2n) is 7.33. The summed E-state index contributed by atoms with van der Waals surface area (Å²) < 4.78 is 15.0. The lowest BCUT2D eigenvalue weighted by atomic mass is 9.84. The summed E-state index contributed by atoms with van der Waals surface area (Å²) in [5, 5.41) is 14.0. The van der Waals surface area contributed by atoms with Crippen LogP contribution >= 0.6 is 0 Å². The number of amidine groups is 1. The van der Waals surface area contributed by atoms with Crippen molar-refractivity contribution in [3.8, 4) is 0 Å². The average molecular weight is 364 g/mol. The van der Waals surface area contributed by atoms with Crippen LogP contribution < -0.4 is 15.9 Å². The number of nitrogens with two attached hydrogens (primary N) is 2. The van der Waals surface area contributed by atoms with Crippen molar-refractivity contribution in [1.29, 1.82) is 5.41 Å². The molecule has 138 valence electrons. The van der Waals surface area contributed by atoms with Gasteiger partial charge in [0.2, 0.25) is 5.71 Å². The highest BCUT2D eigenvalue weighted by Gasteiger charge is 2.26. The lowest BCUT2D eigenvalue weighted by molar-refractivity contribution is -0.112. The molecule has 3 atom stereocenters. The molecular formula is C19H31N4OS+. The smallest absolute Gasteiger partial charge is 0.207 e. The van der Waals surface area contributed by atoms with Crippen LogP contribution in [0, 0.1) is 17.2 Å². The first kappa shape index (κ1) is 21.3. The summed E-state index contributed by atoms with van der Waals surface area (Å²) in [6, 6.07) is 9.66. The molecule has 0 heterocycles. The van der Waals surface area contributed by atoms with Crippen molar-refractivity contribution in [3.05, 3.63) is 47.5 Å². The summed E-state index contributed by atoms with van der Waals surface area (Å²) in [5.41, 5.74) is 7.95. The highest BCUT2D eigenvalue weighted by Crippen LogP contribution is 2.23. The minimum Gasteiger partial charge on any atom is -0.384 e. The fourth-order valence-corrected chi connectivity index (χ4v) is 3.16. The zero-order valence-electron chi connectivity index (χ0n) is 15.8. The van der Waals surface area contributed by atoms with E-state index in [1.54, 1.807) is 6.08 Å². The van der Waals surface area contributed by atoms with E-state index in [1.807, 2.05) is 51.1 Å². The van der Waals surface area contributed by atoms with E-state index in [0.717, 1.165) is 11.1 Å². The van der Waals surface area contributed by atoms with Crippen molar-refractivity contribution in [2.75, 3.05) is 6.54 Å². The zero-order valence-corrected chi connectivity index (χ0v) is 16.6. The highest BCUT2D eigenvalue weighted by molar-refractivity contribution is 7.84. The van der Waals surface area contributed by atoms with Gasteiger partial charge < -0.3 is 5.73 Å². The van der Waals surface area contributed by atoms with Crippen LogP contribution in [0.3, 0.4) is 0 Å². The minimum atomic E-state index is -1.12. The van der Waals surface area contributed by atoms with E-state index in [-0.39, 0.29) is 22.4 Å². The Morgan fingerprint density at radius 1 is 1.32 bits per heavy atom. The lowest BCUT2D eigenvalue weighted by Crippen LogP contribution is -2.44. The van der Waals surface area contributed by atoms with E-state index >= 15 is 0 Å². The molecule has 1 rings (SSSR count). The summed E-state index contributed by atoms with van der Waals surface area (Å²) in [5.74, 6) is 0.187. The van der Waals surface area contributed by atoms with Gasteiger partial charge in [-0.25, -0.2) is 8.93 Å². The van der Waals surface area contributed by atoms with Crippen LogP contribution in [-0.2, 0) is 11.0 Å². The summed E-state index contributed by atoms with van der Waals surface area (Å²) in [7, 11) is -1.12. The van der Waals surface area contributed by atoms with Crippen LogP contribution in [0.25, 0.3) is 0 Å². The molecular weight excluding hydrogens is 332 g/mol. The Kier molecular flexibility index (Phi) is 7.70. The predicted octanol–water partition coefficient (Wildman–Crippen LogP) is 1.42. The third kappa shape index (κ3) is 6.55. The second-order valence-corrected chi connectivity index (χ2v) is 9.38. The van der Waals surface area contributed by atoms with Crippen LogP contribution in [0.4, 0.5) is 0 Å². The molecule has 0 aromatic heterocycles. The first-order chi connectivity index (χ1) is 11.5. The Hall–Kier alpha value is -1.79. The molecule has 25 heavy (non-hydrogen) atoms. The van der Waals surface area contributed by atoms with Crippen LogP contribution in [-0.4, -0.2) is 27.0 Å². The van der Waals surface area contributed by atoms with Gasteiger partial charge in [0.1, 0.15) is 5.84 Å². The molecule has 2 unspecified atom stereocenters. The van der Waals surface area contributed by atoms with E-state index in [0.29, 0.717) is 12.3 Å². The Bertz CT molecular complexity index is 662. The Labute approximate surface area is 153 Å². The maximum atomic E-state index is 12.2. The molecule has 0 aliphatic rings. The summed E-state index contributed by atoms with van der Waals surface area (Å²) in [6.45, 7) is 10.5. The molecule has 0 spiro atoms. The molecule has 6 N–H and O–H groups in total. The number of benzene rings is 1. The summed E-state index contributed by atoms with van der Waals surface area (Å²) in [6.07, 6.45) is 1.62. The first-order valence-corrected chi connectivity index (χ1v) is 9.58. The van der Waals surface area contributed by atoms with Crippen molar-refractivity contribution in [1.82, 2.24) is 4.72 Å². The quantitative estimate of drug-likeness (QED) is 0.414. The maximum Gasteiger partial charge on any atom is 0.207 e. The minimum absolute atomic E-state index is 0.0286. The molecule has 0 radical (unpaired) electrons. The van der Waals surface area contributed by atoms with Gasteiger partial charge in [-0.15, -0.1) is 0 Å². The fourth-order valence-electron chi connectivity index (χ4n) is 2.31. The SMILES string of the molecule is CC(CN[S@](=O)C(C)(C)C)C(C)/C(=C/C(=N)N)C(=[NH2+])c1ccccc1. The molecule has 1 aromatic rings. The van der Waals surface area contributed by atoms with Gasteiger partial charge >= 0.3 is 0 Å². The monoisotopic (exact) mass is 363 g/mol. The number of hydrogen-bond donors (Lipinski definition) is 4. The van der Waals surface area contributed by atoms with Crippen LogP contribution in [0.1, 0.15) is 40.2 Å². The van der Waals surface area contributed by atoms with Crippen molar-refractivity contribution < 1.29 is 9.62 Å². The van der Waals surface area contributed by atoms with Gasteiger partial charge in [-0.2, -0.15) is 0 Å². The molecule has 0 bridgehead atoms. The van der Waals surface area contributed by atoms with Crippen LogP contribution in [0.2, 0.25) is 0 Å². The van der Waals surface area contributed by atoms with E-state index < -0.39 is 11.0 Å². The Morgan fingerprint density at radius 3 is 2.36 bits per heavy atom. The van der Waals surface area contributed by atoms with Gasteiger partial charge in [-0.05, 0) is 50.8 Å². The zero-order chi connectivity index (χ0) is 19.2. The van der Waals surface area contributed by atoms with Crippen molar-refractivity contribution in [2.45, 2.75) is 39.4 Å². The normalized spacial score (nSPS) is 16.1. The third-order valence-electron chi connectivity index (χ3n) is 4.14. The second kappa shape index (κ2) is 9.06. The van der Waals surface area contributed by atoms with E-state index in [1.165, 1.54) is 0 Å². The Morgan fingerprint density at radius 2 is 1.88 bits per heavy atom. The van der Waals surface area contributed by atoms with Gasteiger partial charge in [0.25, 0.3) is 0 Å². The molecule has 0 aliphatic heterocycles. The summed E-state index contributed by atoms with van der Waals surface area (Å²) >= 11 is 0. The van der Waals surface area contributed by atoms with Gasteiger partial charge in [0.15, 0.2) is 0 Å². The number of rotatable bonds is 8. The molecule has 0 fully saturated rings. The lowest BCUT2D eigenvalue weighted by Gasteiger charge is -2.24. The van der Waals surface area contributed by atoms with E-state index in [4.69, 9.17) is 16.6 Å². The van der Waals surface area contributed by atoms with E-state index in [2.05, 4.69) is 18.6 Å². The van der Waals surface area contributed by atoms with E-state index in [9.17, 15) is 4.21 Å². The molecule has 6 heteroatoms. The van der Waals surface area contributed by atoms with Gasteiger partial charge in [-0.1, -0.05) is 32.0 Å². The molecule has 0 amide bonds. The highest BCUT2D eigenvalue weighted by atomic mass is 32.2. The summed E-state index contributed by atoms with van der Waals surface area (Å²) in [4.78, 5) is 0. The topological polar surface area (TPSA) is 105 Å².